The van der Waals surface area contributed by atoms with E-state index < -0.39 is 10.0 Å². The Morgan fingerprint density at radius 1 is 1.30 bits per heavy atom. The molecule has 0 aliphatic carbocycles. The average molecular weight is 356 g/mol. The molecule has 106 valence electrons. The van der Waals surface area contributed by atoms with Crippen LogP contribution >= 0.6 is 15.9 Å². The van der Waals surface area contributed by atoms with E-state index in [-0.39, 0.29) is 5.03 Å². The standard InChI is InChI=1S/C13H14BrN3O2S/c1-9-11(14)3-2-4-12(9)17-20(18,19)13-6-5-10(7-15)8-16-13/h2-6,8,17H,7,15H2,1H3. The maximum absolute atomic E-state index is 12.2. The Morgan fingerprint density at radius 3 is 2.65 bits per heavy atom. The van der Waals surface area contributed by atoms with Crippen molar-refractivity contribution in [2.75, 3.05) is 4.72 Å². The first kappa shape index (κ1) is 15.0. The van der Waals surface area contributed by atoms with Crippen LogP contribution in [0.4, 0.5) is 5.69 Å². The lowest BCUT2D eigenvalue weighted by Gasteiger charge is -2.11. The Bertz CT molecular complexity index is 715. The lowest BCUT2D eigenvalue weighted by atomic mass is 10.2. The minimum atomic E-state index is -3.70. The molecule has 0 bridgehead atoms. The Balaban J connectivity index is 2.33. The predicted molar refractivity (Wildman–Crippen MR) is 81.8 cm³/mol. The van der Waals surface area contributed by atoms with Crippen LogP contribution < -0.4 is 10.5 Å². The molecule has 2 aromatic rings. The molecular formula is C13H14BrN3O2S. The molecule has 1 heterocycles. The van der Waals surface area contributed by atoms with Gasteiger partial charge in [0.05, 0.1) is 5.69 Å². The molecule has 2 rings (SSSR count). The molecule has 0 radical (unpaired) electrons. The molecule has 0 unspecified atom stereocenters. The monoisotopic (exact) mass is 355 g/mol. The van der Waals surface area contributed by atoms with Crippen LogP contribution in [-0.4, -0.2) is 13.4 Å². The number of benzene rings is 1. The van der Waals surface area contributed by atoms with Crippen molar-refractivity contribution >= 4 is 31.6 Å². The maximum Gasteiger partial charge on any atom is 0.279 e. The maximum atomic E-state index is 12.2. The van der Waals surface area contributed by atoms with Crippen molar-refractivity contribution in [3.05, 3.63) is 52.1 Å². The van der Waals surface area contributed by atoms with Gasteiger partial charge in [0, 0.05) is 17.2 Å². The molecule has 0 saturated heterocycles. The van der Waals surface area contributed by atoms with E-state index in [1.165, 1.54) is 12.3 Å². The summed E-state index contributed by atoms with van der Waals surface area (Å²) < 4.78 is 27.9. The zero-order chi connectivity index (χ0) is 14.8. The molecule has 7 heteroatoms. The molecule has 3 N–H and O–H groups in total. The van der Waals surface area contributed by atoms with Crippen molar-refractivity contribution in [2.45, 2.75) is 18.5 Å². The number of hydrogen-bond acceptors (Lipinski definition) is 4. The van der Waals surface area contributed by atoms with E-state index in [0.29, 0.717) is 12.2 Å². The summed E-state index contributed by atoms with van der Waals surface area (Å²) >= 11 is 3.36. The number of aromatic nitrogens is 1. The van der Waals surface area contributed by atoms with Gasteiger partial charge in [-0.1, -0.05) is 28.1 Å². The van der Waals surface area contributed by atoms with Crippen molar-refractivity contribution in [3.63, 3.8) is 0 Å². The Morgan fingerprint density at radius 2 is 2.05 bits per heavy atom. The van der Waals surface area contributed by atoms with Gasteiger partial charge in [-0.2, -0.15) is 8.42 Å². The number of nitrogens with two attached hydrogens (primary N) is 1. The fourth-order valence-electron chi connectivity index (χ4n) is 1.61. The number of anilines is 1. The molecule has 0 atom stereocenters. The summed E-state index contributed by atoms with van der Waals surface area (Å²) in [5.74, 6) is 0. The molecule has 0 aliphatic heterocycles. The average Bonchev–Trinajstić information content (AvgIpc) is 2.44. The zero-order valence-electron chi connectivity index (χ0n) is 10.8. The topological polar surface area (TPSA) is 85.1 Å². The van der Waals surface area contributed by atoms with Gasteiger partial charge < -0.3 is 5.73 Å². The molecule has 0 spiro atoms. The second-order valence-electron chi connectivity index (χ2n) is 4.23. The number of pyridine rings is 1. The lowest BCUT2D eigenvalue weighted by molar-refractivity contribution is 0.597. The number of hydrogen-bond donors (Lipinski definition) is 2. The van der Waals surface area contributed by atoms with Crippen molar-refractivity contribution < 1.29 is 8.42 Å². The summed E-state index contributed by atoms with van der Waals surface area (Å²) in [6.07, 6.45) is 1.46. The number of nitrogens with zero attached hydrogens (tertiary/aromatic N) is 1. The van der Waals surface area contributed by atoms with Crippen LogP contribution in [0.25, 0.3) is 0 Å². The lowest BCUT2D eigenvalue weighted by Crippen LogP contribution is -2.15. The van der Waals surface area contributed by atoms with Crippen LogP contribution in [0.15, 0.2) is 46.0 Å². The highest BCUT2D eigenvalue weighted by molar-refractivity contribution is 9.10. The number of halogens is 1. The third-order valence-electron chi connectivity index (χ3n) is 2.82. The SMILES string of the molecule is Cc1c(Br)cccc1NS(=O)(=O)c1ccc(CN)cn1. The van der Waals surface area contributed by atoms with E-state index in [4.69, 9.17) is 5.73 Å². The van der Waals surface area contributed by atoms with Gasteiger partial charge in [-0.3, -0.25) is 4.72 Å². The highest BCUT2D eigenvalue weighted by Gasteiger charge is 2.17. The minimum absolute atomic E-state index is 0.0333. The van der Waals surface area contributed by atoms with E-state index in [1.807, 2.05) is 13.0 Å². The summed E-state index contributed by atoms with van der Waals surface area (Å²) in [4.78, 5) is 3.93. The Hall–Kier alpha value is -1.44. The van der Waals surface area contributed by atoms with Gasteiger partial charge in [0.15, 0.2) is 5.03 Å². The van der Waals surface area contributed by atoms with Gasteiger partial charge in [0.1, 0.15) is 0 Å². The molecule has 0 amide bonds. The van der Waals surface area contributed by atoms with E-state index in [2.05, 4.69) is 25.6 Å². The summed E-state index contributed by atoms with van der Waals surface area (Å²) in [6, 6.07) is 8.40. The second kappa shape index (κ2) is 5.90. The first-order valence-corrected chi connectivity index (χ1v) is 8.14. The fraction of sp³-hybridized carbons (Fsp3) is 0.154. The first-order chi connectivity index (χ1) is 9.44. The highest BCUT2D eigenvalue weighted by atomic mass is 79.9. The molecule has 20 heavy (non-hydrogen) atoms. The van der Waals surface area contributed by atoms with E-state index >= 15 is 0 Å². The Labute approximate surface area is 126 Å². The van der Waals surface area contributed by atoms with Gasteiger partial charge >= 0.3 is 0 Å². The molecule has 1 aromatic carbocycles. The molecule has 0 fully saturated rings. The summed E-state index contributed by atoms with van der Waals surface area (Å²) in [7, 11) is -3.70. The van der Waals surface area contributed by atoms with Crippen LogP contribution in [0.3, 0.4) is 0 Å². The number of nitrogens with one attached hydrogen (secondary N) is 1. The van der Waals surface area contributed by atoms with E-state index in [1.54, 1.807) is 18.2 Å². The quantitative estimate of drug-likeness (QED) is 0.881. The molecular weight excluding hydrogens is 342 g/mol. The fourth-order valence-corrected chi connectivity index (χ4v) is 3.03. The highest BCUT2D eigenvalue weighted by Crippen LogP contribution is 2.25. The van der Waals surface area contributed by atoms with E-state index in [0.717, 1.165) is 15.6 Å². The minimum Gasteiger partial charge on any atom is -0.326 e. The summed E-state index contributed by atoms with van der Waals surface area (Å²) in [5, 5.41) is -0.0333. The van der Waals surface area contributed by atoms with Crippen molar-refractivity contribution in [1.29, 1.82) is 0 Å². The van der Waals surface area contributed by atoms with Gasteiger partial charge in [0.2, 0.25) is 0 Å². The molecule has 5 nitrogen and oxygen atoms in total. The zero-order valence-corrected chi connectivity index (χ0v) is 13.2. The summed E-state index contributed by atoms with van der Waals surface area (Å²) in [5.41, 5.74) is 7.57. The van der Waals surface area contributed by atoms with Crippen LogP contribution in [0.5, 0.6) is 0 Å². The van der Waals surface area contributed by atoms with Gasteiger partial charge in [-0.15, -0.1) is 0 Å². The van der Waals surface area contributed by atoms with Crippen LogP contribution in [0, 0.1) is 6.92 Å². The molecule has 1 aromatic heterocycles. The van der Waals surface area contributed by atoms with Gasteiger partial charge in [0.25, 0.3) is 10.0 Å². The number of rotatable bonds is 4. The van der Waals surface area contributed by atoms with Gasteiger partial charge in [-0.25, -0.2) is 4.98 Å². The first-order valence-electron chi connectivity index (χ1n) is 5.87. The van der Waals surface area contributed by atoms with Crippen LogP contribution in [0.2, 0.25) is 0 Å². The smallest absolute Gasteiger partial charge is 0.279 e. The van der Waals surface area contributed by atoms with Crippen molar-refractivity contribution in [1.82, 2.24) is 4.98 Å². The van der Waals surface area contributed by atoms with Crippen molar-refractivity contribution in [2.24, 2.45) is 5.73 Å². The number of sulfonamides is 1. The normalized spacial score (nSPS) is 11.3. The second-order valence-corrected chi connectivity index (χ2v) is 6.71. The Kier molecular flexibility index (Phi) is 4.42. The van der Waals surface area contributed by atoms with Gasteiger partial charge in [-0.05, 0) is 36.2 Å². The third-order valence-corrected chi connectivity index (χ3v) is 4.96. The van der Waals surface area contributed by atoms with Crippen LogP contribution in [0.1, 0.15) is 11.1 Å². The largest absolute Gasteiger partial charge is 0.326 e. The molecule has 0 saturated carbocycles. The summed E-state index contributed by atoms with van der Waals surface area (Å²) in [6.45, 7) is 2.15. The van der Waals surface area contributed by atoms with Crippen LogP contribution in [-0.2, 0) is 16.6 Å². The van der Waals surface area contributed by atoms with E-state index in [9.17, 15) is 8.42 Å². The van der Waals surface area contributed by atoms with Crippen molar-refractivity contribution in [3.8, 4) is 0 Å². The molecule has 0 aliphatic rings. The third kappa shape index (κ3) is 3.17. The predicted octanol–water partition coefficient (Wildman–Crippen LogP) is 2.41.